The van der Waals surface area contributed by atoms with Gasteiger partial charge in [0.25, 0.3) is 0 Å². The number of thiocarbonyl (C=S) groups is 1. The number of anilines is 1. The van der Waals surface area contributed by atoms with Gasteiger partial charge in [0.05, 0.1) is 8.95 Å². The first kappa shape index (κ1) is 14.7. The van der Waals surface area contributed by atoms with Crippen LogP contribution in [0.25, 0.3) is 0 Å². The van der Waals surface area contributed by atoms with E-state index in [-0.39, 0.29) is 11.3 Å². The Bertz CT molecular complexity index is 421. The molecule has 6 heteroatoms. The van der Waals surface area contributed by atoms with Crippen molar-refractivity contribution in [1.82, 2.24) is 5.32 Å². The highest BCUT2D eigenvalue weighted by atomic mass is 79.9. The van der Waals surface area contributed by atoms with Crippen LogP contribution < -0.4 is 10.6 Å². The number of hydrogen-bond acceptors (Lipinski definition) is 2. The summed E-state index contributed by atoms with van der Waals surface area (Å²) in [6.07, 6.45) is 0. The Balaban J connectivity index is 2.79. The van der Waals surface area contributed by atoms with E-state index in [0.717, 1.165) is 5.69 Å². The Hall–Kier alpha value is -0.330. The number of aromatic hydroxyl groups is 1. The van der Waals surface area contributed by atoms with Crippen molar-refractivity contribution in [2.75, 3.05) is 5.32 Å². The zero-order valence-corrected chi connectivity index (χ0v) is 13.8. The zero-order chi connectivity index (χ0) is 13.2. The Morgan fingerprint density at radius 3 is 2.12 bits per heavy atom. The van der Waals surface area contributed by atoms with Crippen molar-refractivity contribution in [3.8, 4) is 5.75 Å². The fourth-order valence-electron chi connectivity index (χ4n) is 1.14. The smallest absolute Gasteiger partial charge is 0.171 e. The molecule has 0 bridgehead atoms. The lowest BCUT2D eigenvalue weighted by molar-refractivity contribution is 0.468. The molecule has 0 aliphatic heterocycles. The Morgan fingerprint density at radius 1 is 1.24 bits per heavy atom. The molecule has 1 rings (SSSR count). The minimum Gasteiger partial charge on any atom is -0.506 e. The summed E-state index contributed by atoms with van der Waals surface area (Å²) in [5, 5.41) is 16.3. The molecule has 17 heavy (non-hydrogen) atoms. The molecule has 94 valence electrons. The van der Waals surface area contributed by atoms with Crippen LogP contribution in [0.5, 0.6) is 5.75 Å². The van der Waals surface area contributed by atoms with Crippen LogP contribution in [0.15, 0.2) is 21.1 Å². The average molecular weight is 382 g/mol. The van der Waals surface area contributed by atoms with Gasteiger partial charge in [-0.1, -0.05) is 0 Å². The van der Waals surface area contributed by atoms with E-state index >= 15 is 0 Å². The molecule has 0 atom stereocenters. The van der Waals surface area contributed by atoms with Gasteiger partial charge in [-0.05, 0) is 77.0 Å². The van der Waals surface area contributed by atoms with Gasteiger partial charge in [-0.15, -0.1) is 0 Å². The molecule has 1 aromatic rings. The van der Waals surface area contributed by atoms with Crippen LogP contribution in [0, 0.1) is 0 Å². The first-order valence-corrected chi connectivity index (χ1v) is 6.95. The van der Waals surface area contributed by atoms with Gasteiger partial charge in [-0.3, -0.25) is 0 Å². The molecule has 0 unspecified atom stereocenters. The molecule has 0 amide bonds. The van der Waals surface area contributed by atoms with Crippen molar-refractivity contribution in [3.05, 3.63) is 21.1 Å². The van der Waals surface area contributed by atoms with E-state index in [1.165, 1.54) is 0 Å². The highest BCUT2D eigenvalue weighted by Crippen LogP contribution is 2.35. The molecule has 3 nitrogen and oxygen atoms in total. The largest absolute Gasteiger partial charge is 0.506 e. The summed E-state index contributed by atoms with van der Waals surface area (Å²) in [5.74, 6) is 0.172. The third kappa shape index (κ3) is 4.81. The summed E-state index contributed by atoms with van der Waals surface area (Å²) >= 11 is 11.7. The fraction of sp³-hybridized carbons (Fsp3) is 0.364. The fourth-order valence-corrected chi connectivity index (χ4v) is 2.75. The van der Waals surface area contributed by atoms with Crippen molar-refractivity contribution >= 4 is 54.9 Å². The average Bonchev–Trinajstić information content (AvgIpc) is 2.10. The van der Waals surface area contributed by atoms with E-state index in [1.54, 1.807) is 12.1 Å². The number of rotatable bonds is 1. The van der Waals surface area contributed by atoms with Crippen molar-refractivity contribution in [3.63, 3.8) is 0 Å². The highest BCUT2D eigenvalue weighted by molar-refractivity contribution is 9.11. The first-order chi connectivity index (χ1) is 7.69. The van der Waals surface area contributed by atoms with E-state index in [1.807, 2.05) is 20.8 Å². The quantitative estimate of drug-likeness (QED) is 0.508. The number of benzene rings is 1. The van der Waals surface area contributed by atoms with Crippen molar-refractivity contribution in [2.24, 2.45) is 0 Å². The van der Waals surface area contributed by atoms with Gasteiger partial charge >= 0.3 is 0 Å². The lowest BCUT2D eigenvalue weighted by Gasteiger charge is -2.23. The molecule has 3 N–H and O–H groups in total. The third-order valence-corrected chi connectivity index (χ3v) is 3.18. The third-order valence-electron chi connectivity index (χ3n) is 1.76. The summed E-state index contributed by atoms with van der Waals surface area (Å²) in [6.45, 7) is 6.09. The minimum absolute atomic E-state index is 0.0878. The summed E-state index contributed by atoms with van der Waals surface area (Å²) < 4.78 is 1.21. The number of nitrogens with one attached hydrogen (secondary N) is 2. The van der Waals surface area contributed by atoms with Crippen LogP contribution in [0.2, 0.25) is 0 Å². The summed E-state index contributed by atoms with van der Waals surface area (Å²) in [5.41, 5.74) is 0.707. The molecule has 0 spiro atoms. The molecule has 1 aromatic carbocycles. The molecule has 0 aromatic heterocycles. The molecule has 0 saturated carbocycles. The van der Waals surface area contributed by atoms with E-state index in [9.17, 15) is 5.11 Å². The van der Waals surface area contributed by atoms with Crippen molar-refractivity contribution in [2.45, 2.75) is 26.3 Å². The number of phenolic OH excluding ortho intramolecular Hbond substituents is 1. The number of halogens is 2. The summed E-state index contributed by atoms with van der Waals surface area (Å²) in [7, 11) is 0. The van der Waals surface area contributed by atoms with Crippen LogP contribution in [0.1, 0.15) is 20.8 Å². The van der Waals surface area contributed by atoms with Crippen molar-refractivity contribution in [1.29, 1.82) is 0 Å². The standard InChI is InChI=1S/C11H14Br2N2OS/c1-11(2,3)15-10(17)14-6-4-7(12)9(16)8(13)5-6/h4-5,16H,1-3H3,(H2,14,15,17). The van der Waals surface area contributed by atoms with Crippen molar-refractivity contribution < 1.29 is 5.11 Å². The molecular formula is C11H14Br2N2OS. The molecule has 0 fully saturated rings. The Morgan fingerprint density at radius 2 is 1.71 bits per heavy atom. The van der Waals surface area contributed by atoms with Crippen LogP contribution in [-0.4, -0.2) is 15.8 Å². The zero-order valence-electron chi connectivity index (χ0n) is 9.77. The van der Waals surface area contributed by atoms with Gasteiger partial charge in [-0.25, -0.2) is 0 Å². The van der Waals surface area contributed by atoms with Crippen LogP contribution in [0.3, 0.4) is 0 Å². The Kier molecular flexibility index (Phi) is 4.80. The molecule has 0 aliphatic carbocycles. The van der Waals surface area contributed by atoms with Gasteiger partial charge in [-0.2, -0.15) is 0 Å². The molecular weight excluding hydrogens is 368 g/mol. The second-order valence-electron chi connectivity index (χ2n) is 4.62. The van der Waals surface area contributed by atoms with Gasteiger partial charge in [0.2, 0.25) is 0 Å². The lowest BCUT2D eigenvalue weighted by atomic mass is 10.1. The van der Waals surface area contributed by atoms with Gasteiger partial charge in [0.15, 0.2) is 5.11 Å². The van der Waals surface area contributed by atoms with Crippen LogP contribution in [0.4, 0.5) is 5.69 Å². The second kappa shape index (κ2) is 5.54. The lowest BCUT2D eigenvalue weighted by Crippen LogP contribution is -2.42. The normalized spacial score (nSPS) is 11.1. The monoisotopic (exact) mass is 380 g/mol. The van der Waals surface area contributed by atoms with Gasteiger partial charge in [0, 0.05) is 11.2 Å². The topological polar surface area (TPSA) is 44.3 Å². The number of hydrogen-bond donors (Lipinski definition) is 3. The first-order valence-electron chi connectivity index (χ1n) is 4.96. The highest BCUT2D eigenvalue weighted by Gasteiger charge is 2.12. The Labute approximate surface area is 123 Å². The maximum Gasteiger partial charge on any atom is 0.171 e. The molecule has 0 heterocycles. The maximum absolute atomic E-state index is 9.58. The predicted octanol–water partition coefficient (Wildman–Crippen LogP) is 4.00. The van der Waals surface area contributed by atoms with E-state index in [4.69, 9.17) is 12.2 Å². The molecule has 0 saturated heterocycles. The van der Waals surface area contributed by atoms with Gasteiger partial charge < -0.3 is 15.7 Å². The minimum atomic E-state index is -0.0878. The van der Waals surface area contributed by atoms with Crippen LogP contribution >= 0.6 is 44.1 Å². The van der Waals surface area contributed by atoms with E-state index in [2.05, 4.69) is 42.5 Å². The SMILES string of the molecule is CC(C)(C)NC(=S)Nc1cc(Br)c(O)c(Br)c1. The summed E-state index contributed by atoms with van der Waals surface area (Å²) in [6, 6.07) is 3.52. The van der Waals surface area contributed by atoms with Crippen LogP contribution in [-0.2, 0) is 0 Å². The van der Waals surface area contributed by atoms with E-state index < -0.39 is 0 Å². The summed E-state index contributed by atoms with van der Waals surface area (Å²) in [4.78, 5) is 0. The maximum atomic E-state index is 9.58. The molecule has 0 radical (unpaired) electrons. The molecule has 0 aliphatic rings. The number of phenols is 1. The van der Waals surface area contributed by atoms with Gasteiger partial charge in [0.1, 0.15) is 5.75 Å². The van der Waals surface area contributed by atoms with E-state index in [0.29, 0.717) is 14.1 Å². The second-order valence-corrected chi connectivity index (χ2v) is 6.73. The predicted molar refractivity (Wildman–Crippen MR) is 82.6 cm³/mol.